The molecular formula is C20H23N5O. The lowest BCUT2D eigenvalue weighted by Crippen LogP contribution is -2.38. The Morgan fingerprint density at radius 1 is 1.19 bits per heavy atom. The van der Waals surface area contributed by atoms with Gasteiger partial charge in [-0.25, -0.2) is 4.68 Å². The lowest BCUT2D eigenvalue weighted by molar-refractivity contribution is 0.0721. The van der Waals surface area contributed by atoms with Gasteiger partial charge in [0.1, 0.15) is 0 Å². The lowest BCUT2D eigenvalue weighted by Gasteiger charge is -2.25. The molecule has 1 amide bonds. The highest BCUT2D eigenvalue weighted by Gasteiger charge is 2.29. The molecule has 134 valence electrons. The van der Waals surface area contributed by atoms with E-state index in [4.69, 9.17) is 0 Å². The molecule has 0 N–H and O–H groups in total. The molecule has 1 saturated heterocycles. The Labute approximate surface area is 153 Å². The molecule has 1 fully saturated rings. The number of rotatable bonds is 4. The van der Waals surface area contributed by atoms with E-state index in [9.17, 15) is 4.79 Å². The summed E-state index contributed by atoms with van der Waals surface area (Å²) in [6.07, 6.45) is 7.88. The van der Waals surface area contributed by atoms with Gasteiger partial charge in [0.2, 0.25) is 0 Å². The smallest absolute Gasteiger partial charge is 0.254 e. The van der Waals surface area contributed by atoms with Crippen molar-refractivity contribution in [3.05, 3.63) is 65.7 Å². The first-order valence-corrected chi connectivity index (χ1v) is 9.03. The Bertz CT molecular complexity index is 908. The number of amides is 1. The minimum absolute atomic E-state index is 0.0968. The number of carbonyl (C=O) groups is 1. The van der Waals surface area contributed by atoms with Crippen molar-refractivity contribution in [1.29, 1.82) is 0 Å². The molecule has 1 atom stereocenters. The Morgan fingerprint density at radius 2 is 2.00 bits per heavy atom. The molecule has 1 aromatic carbocycles. The van der Waals surface area contributed by atoms with E-state index in [0.29, 0.717) is 0 Å². The van der Waals surface area contributed by atoms with Gasteiger partial charge < -0.3 is 4.90 Å². The van der Waals surface area contributed by atoms with Crippen LogP contribution >= 0.6 is 0 Å². The van der Waals surface area contributed by atoms with Gasteiger partial charge in [-0.05, 0) is 62.6 Å². The zero-order valence-electron chi connectivity index (χ0n) is 15.2. The quantitative estimate of drug-likeness (QED) is 0.728. The van der Waals surface area contributed by atoms with Crippen LogP contribution in [0.4, 0.5) is 0 Å². The first-order valence-electron chi connectivity index (χ1n) is 9.03. The van der Waals surface area contributed by atoms with Crippen molar-refractivity contribution in [2.75, 3.05) is 6.54 Å². The van der Waals surface area contributed by atoms with E-state index in [1.807, 2.05) is 77.0 Å². The minimum atomic E-state index is 0.0968. The monoisotopic (exact) mass is 349 g/mol. The summed E-state index contributed by atoms with van der Waals surface area (Å²) >= 11 is 0. The molecule has 0 bridgehead atoms. The average molecular weight is 349 g/mol. The van der Waals surface area contributed by atoms with Gasteiger partial charge >= 0.3 is 0 Å². The maximum Gasteiger partial charge on any atom is 0.254 e. The molecule has 26 heavy (non-hydrogen) atoms. The Morgan fingerprint density at radius 3 is 2.65 bits per heavy atom. The van der Waals surface area contributed by atoms with Crippen molar-refractivity contribution in [3.8, 4) is 5.69 Å². The molecule has 6 heteroatoms. The van der Waals surface area contributed by atoms with Crippen LogP contribution in [0.3, 0.4) is 0 Å². The van der Waals surface area contributed by atoms with E-state index in [2.05, 4.69) is 10.2 Å². The number of hydrogen-bond donors (Lipinski definition) is 0. The Balaban J connectivity index is 1.49. The summed E-state index contributed by atoms with van der Waals surface area (Å²) in [7, 11) is 0. The number of likely N-dealkylation sites (tertiary alicyclic amines) is 1. The summed E-state index contributed by atoms with van der Waals surface area (Å²) < 4.78 is 3.76. The fourth-order valence-electron chi connectivity index (χ4n) is 3.56. The van der Waals surface area contributed by atoms with Gasteiger partial charge in [0.05, 0.1) is 30.2 Å². The van der Waals surface area contributed by atoms with Gasteiger partial charge in [-0.15, -0.1) is 0 Å². The fourth-order valence-corrected chi connectivity index (χ4v) is 3.56. The number of carbonyl (C=O) groups excluding carboxylic acids is 1. The van der Waals surface area contributed by atoms with E-state index in [0.717, 1.165) is 48.4 Å². The van der Waals surface area contributed by atoms with Crippen molar-refractivity contribution >= 4 is 5.91 Å². The van der Waals surface area contributed by atoms with Crippen LogP contribution in [0, 0.1) is 13.8 Å². The standard InChI is InChI=1S/C20H23N5O/c1-15-12-21-23(13-15)14-19-4-3-10-24(19)20(26)17-5-7-18(8-6-17)25-11-9-16(2)22-25/h5-9,11-13,19H,3-4,10,14H2,1-2H3. The van der Waals surface area contributed by atoms with Gasteiger partial charge in [0.25, 0.3) is 5.91 Å². The van der Waals surface area contributed by atoms with Crippen molar-refractivity contribution in [1.82, 2.24) is 24.5 Å². The number of benzene rings is 1. The number of aryl methyl sites for hydroxylation is 2. The molecule has 3 aromatic rings. The molecule has 1 aliphatic heterocycles. The van der Waals surface area contributed by atoms with Crippen LogP contribution < -0.4 is 0 Å². The third kappa shape index (κ3) is 3.27. The zero-order valence-corrected chi connectivity index (χ0v) is 15.2. The third-order valence-corrected chi connectivity index (χ3v) is 4.90. The van der Waals surface area contributed by atoms with Gasteiger partial charge in [-0.3, -0.25) is 9.48 Å². The topological polar surface area (TPSA) is 56.0 Å². The van der Waals surface area contributed by atoms with E-state index in [1.54, 1.807) is 0 Å². The summed E-state index contributed by atoms with van der Waals surface area (Å²) in [6.45, 7) is 5.56. The number of nitrogens with zero attached hydrogens (tertiary/aromatic N) is 5. The molecule has 4 rings (SSSR count). The molecule has 1 aliphatic rings. The van der Waals surface area contributed by atoms with Crippen LogP contribution in [0.25, 0.3) is 5.69 Å². The van der Waals surface area contributed by atoms with Crippen LogP contribution in [0.15, 0.2) is 48.9 Å². The number of hydrogen-bond acceptors (Lipinski definition) is 3. The molecule has 0 spiro atoms. The first kappa shape index (κ1) is 16.6. The Kier molecular flexibility index (Phi) is 4.32. The van der Waals surface area contributed by atoms with Crippen molar-refractivity contribution in [2.45, 2.75) is 39.3 Å². The highest BCUT2D eigenvalue weighted by molar-refractivity contribution is 5.94. The maximum atomic E-state index is 13.0. The molecule has 0 radical (unpaired) electrons. The average Bonchev–Trinajstić information content (AvgIpc) is 3.37. The van der Waals surface area contributed by atoms with Crippen LogP contribution in [0.2, 0.25) is 0 Å². The van der Waals surface area contributed by atoms with Crippen molar-refractivity contribution in [3.63, 3.8) is 0 Å². The van der Waals surface area contributed by atoms with E-state index in [-0.39, 0.29) is 11.9 Å². The third-order valence-electron chi connectivity index (χ3n) is 4.90. The molecule has 2 aromatic heterocycles. The van der Waals surface area contributed by atoms with E-state index >= 15 is 0 Å². The SMILES string of the molecule is Cc1cnn(CC2CCCN2C(=O)c2ccc(-n3ccc(C)n3)cc2)c1. The second kappa shape index (κ2) is 6.78. The molecular weight excluding hydrogens is 326 g/mol. The van der Waals surface area contributed by atoms with Crippen LogP contribution in [-0.2, 0) is 6.54 Å². The molecule has 3 heterocycles. The van der Waals surface area contributed by atoms with Gasteiger partial charge in [-0.2, -0.15) is 10.2 Å². The van der Waals surface area contributed by atoms with E-state index in [1.165, 1.54) is 0 Å². The molecule has 0 aliphatic carbocycles. The largest absolute Gasteiger partial charge is 0.334 e. The molecule has 0 saturated carbocycles. The highest BCUT2D eigenvalue weighted by Crippen LogP contribution is 2.22. The number of aromatic nitrogens is 4. The normalized spacial score (nSPS) is 17.0. The highest BCUT2D eigenvalue weighted by atomic mass is 16.2. The zero-order chi connectivity index (χ0) is 18.1. The second-order valence-corrected chi connectivity index (χ2v) is 6.98. The predicted molar refractivity (Wildman–Crippen MR) is 99.3 cm³/mol. The van der Waals surface area contributed by atoms with Crippen molar-refractivity contribution in [2.24, 2.45) is 0 Å². The van der Waals surface area contributed by atoms with Crippen molar-refractivity contribution < 1.29 is 4.79 Å². The van der Waals surface area contributed by atoms with Crippen LogP contribution in [-0.4, -0.2) is 43.0 Å². The fraction of sp³-hybridized carbons (Fsp3) is 0.350. The predicted octanol–water partition coefficient (Wildman–Crippen LogP) is 2.99. The summed E-state index contributed by atoms with van der Waals surface area (Å²) in [6, 6.07) is 9.84. The maximum absolute atomic E-state index is 13.0. The summed E-state index contributed by atoms with van der Waals surface area (Å²) in [5.41, 5.74) is 3.80. The Hall–Kier alpha value is -2.89. The summed E-state index contributed by atoms with van der Waals surface area (Å²) in [5, 5.41) is 8.77. The van der Waals surface area contributed by atoms with E-state index < -0.39 is 0 Å². The summed E-state index contributed by atoms with van der Waals surface area (Å²) in [5.74, 6) is 0.0968. The second-order valence-electron chi connectivity index (χ2n) is 6.98. The molecule has 1 unspecified atom stereocenters. The lowest BCUT2D eigenvalue weighted by atomic mass is 10.1. The van der Waals surface area contributed by atoms with Crippen LogP contribution in [0.5, 0.6) is 0 Å². The van der Waals surface area contributed by atoms with Crippen LogP contribution in [0.1, 0.15) is 34.5 Å². The first-order chi connectivity index (χ1) is 12.6. The van der Waals surface area contributed by atoms with Gasteiger partial charge in [0.15, 0.2) is 0 Å². The molecule has 6 nitrogen and oxygen atoms in total. The minimum Gasteiger partial charge on any atom is -0.334 e. The van der Waals surface area contributed by atoms with Gasteiger partial charge in [0, 0.05) is 24.5 Å². The summed E-state index contributed by atoms with van der Waals surface area (Å²) in [4.78, 5) is 15.0. The van der Waals surface area contributed by atoms with Gasteiger partial charge in [-0.1, -0.05) is 0 Å².